The van der Waals surface area contributed by atoms with Crippen LogP contribution in [0.1, 0.15) is 21.3 Å². The van der Waals surface area contributed by atoms with Crippen molar-refractivity contribution in [2.24, 2.45) is 0 Å². The molecule has 0 N–H and O–H groups in total. The molecule has 0 saturated heterocycles. The lowest BCUT2D eigenvalue weighted by molar-refractivity contribution is 0.0981. The molecule has 22 heavy (non-hydrogen) atoms. The fourth-order valence-electron chi connectivity index (χ4n) is 2.32. The molecular weight excluding hydrogens is 316 g/mol. The maximum absolute atomic E-state index is 12.6. The highest BCUT2D eigenvalue weighted by Crippen LogP contribution is 2.31. The quantitative estimate of drug-likeness (QED) is 0.541. The van der Waals surface area contributed by atoms with Crippen LogP contribution in [-0.4, -0.2) is 20.2 Å². The van der Waals surface area contributed by atoms with Crippen LogP contribution in [0.3, 0.4) is 0 Å². The van der Waals surface area contributed by atoms with E-state index < -0.39 is 5.92 Å². The van der Waals surface area contributed by atoms with Crippen LogP contribution in [-0.2, 0) is 0 Å². The lowest BCUT2D eigenvalue weighted by atomic mass is 10.00. The number of pyridine rings is 1. The highest BCUT2D eigenvalue weighted by Gasteiger charge is 2.25. The lowest BCUT2D eigenvalue weighted by Gasteiger charge is -2.05. The van der Waals surface area contributed by atoms with E-state index in [1.54, 1.807) is 35.7 Å². The van der Waals surface area contributed by atoms with Crippen molar-refractivity contribution in [2.45, 2.75) is 5.92 Å². The van der Waals surface area contributed by atoms with Crippen LogP contribution in [0.2, 0.25) is 0 Å². The SMILES string of the molecule is N#C[C@@H](C(=O)c1cc2c(nc3sccn32)s1)c1ccccn1. The standard InChI is InChI=1S/C15H8N4OS2/c16-8-9(10-3-1-2-4-17-10)13(20)12-7-11-14(22-12)18-15-19(11)5-6-21-15/h1-7,9H/t9-/m1/s1. The molecule has 4 heterocycles. The summed E-state index contributed by atoms with van der Waals surface area (Å²) in [6.45, 7) is 0. The summed E-state index contributed by atoms with van der Waals surface area (Å²) >= 11 is 2.87. The van der Waals surface area contributed by atoms with E-state index in [4.69, 9.17) is 0 Å². The van der Waals surface area contributed by atoms with Gasteiger partial charge in [-0.3, -0.25) is 14.2 Å². The molecule has 0 radical (unpaired) electrons. The number of thiazole rings is 1. The van der Waals surface area contributed by atoms with Crippen molar-refractivity contribution >= 4 is 43.8 Å². The maximum atomic E-state index is 12.6. The Morgan fingerprint density at radius 2 is 2.32 bits per heavy atom. The van der Waals surface area contributed by atoms with Crippen molar-refractivity contribution < 1.29 is 4.79 Å². The maximum Gasteiger partial charge on any atom is 0.196 e. The number of nitriles is 1. The van der Waals surface area contributed by atoms with Gasteiger partial charge < -0.3 is 0 Å². The number of hydrogen-bond donors (Lipinski definition) is 0. The first-order valence-corrected chi connectivity index (χ1v) is 8.17. The number of carbonyl (C=O) groups is 1. The number of hydrogen-bond acceptors (Lipinski definition) is 6. The molecule has 0 unspecified atom stereocenters. The monoisotopic (exact) mass is 324 g/mol. The summed E-state index contributed by atoms with van der Waals surface area (Å²) in [5.74, 6) is -1.11. The molecule has 1 atom stereocenters. The van der Waals surface area contributed by atoms with E-state index in [-0.39, 0.29) is 5.78 Å². The summed E-state index contributed by atoms with van der Waals surface area (Å²) < 4.78 is 1.95. The normalized spacial score (nSPS) is 12.5. The Morgan fingerprint density at radius 1 is 1.41 bits per heavy atom. The predicted molar refractivity (Wildman–Crippen MR) is 85.4 cm³/mol. The molecule has 0 aromatic carbocycles. The minimum atomic E-state index is -0.882. The number of ketones is 1. The van der Waals surface area contributed by atoms with Gasteiger partial charge in [-0.15, -0.1) is 22.7 Å². The molecule has 0 spiro atoms. The number of imidazole rings is 1. The second-order valence-electron chi connectivity index (χ2n) is 4.65. The van der Waals surface area contributed by atoms with Crippen LogP contribution < -0.4 is 0 Å². The number of rotatable bonds is 3. The summed E-state index contributed by atoms with van der Waals surface area (Å²) in [4.78, 5) is 23.5. The third-order valence-corrected chi connectivity index (χ3v) is 5.15. The average Bonchev–Trinajstić information content (AvgIpc) is 3.20. The Kier molecular flexibility index (Phi) is 2.99. The summed E-state index contributed by atoms with van der Waals surface area (Å²) in [7, 11) is 0. The van der Waals surface area contributed by atoms with Crippen LogP contribution in [0.15, 0.2) is 42.0 Å². The topological polar surface area (TPSA) is 71.0 Å². The predicted octanol–water partition coefficient (Wildman–Crippen LogP) is 3.50. The molecule has 4 aromatic heterocycles. The van der Waals surface area contributed by atoms with Crippen molar-refractivity contribution in [3.8, 4) is 6.07 Å². The minimum Gasteiger partial charge on any atom is -0.291 e. The Labute approximate surface area is 133 Å². The first-order chi connectivity index (χ1) is 10.8. The highest BCUT2D eigenvalue weighted by molar-refractivity contribution is 7.21. The molecule has 4 rings (SSSR count). The van der Waals surface area contributed by atoms with Crippen LogP contribution in [0, 0.1) is 11.3 Å². The number of fused-ring (bicyclic) bond motifs is 3. The van der Waals surface area contributed by atoms with Gasteiger partial charge >= 0.3 is 0 Å². The Morgan fingerprint density at radius 3 is 3.09 bits per heavy atom. The molecule has 0 bridgehead atoms. The smallest absolute Gasteiger partial charge is 0.196 e. The van der Waals surface area contributed by atoms with Crippen LogP contribution in [0.4, 0.5) is 0 Å². The number of thiophene rings is 1. The van der Waals surface area contributed by atoms with Gasteiger partial charge in [0.25, 0.3) is 0 Å². The first-order valence-electron chi connectivity index (χ1n) is 6.48. The minimum absolute atomic E-state index is 0.229. The van der Waals surface area contributed by atoms with Gasteiger partial charge in [0, 0.05) is 17.8 Å². The van der Waals surface area contributed by atoms with E-state index in [0.29, 0.717) is 10.6 Å². The Hall–Kier alpha value is -2.56. The summed E-state index contributed by atoms with van der Waals surface area (Å²) in [6, 6.07) is 9.09. The second kappa shape index (κ2) is 5.02. The molecule has 0 aliphatic heterocycles. The number of Topliss-reactive ketones (excluding diaryl/α,β-unsaturated/α-hetero) is 1. The molecule has 0 aliphatic rings. The van der Waals surface area contributed by atoms with Crippen molar-refractivity contribution in [1.82, 2.24) is 14.4 Å². The third-order valence-electron chi connectivity index (χ3n) is 3.36. The highest BCUT2D eigenvalue weighted by atomic mass is 32.1. The molecule has 0 saturated carbocycles. The van der Waals surface area contributed by atoms with Gasteiger partial charge in [0.05, 0.1) is 22.2 Å². The molecule has 5 nitrogen and oxygen atoms in total. The molecule has 7 heteroatoms. The fraction of sp³-hybridized carbons (Fsp3) is 0.0667. The van der Waals surface area contributed by atoms with E-state index in [9.17, 15) is 10.1 Å². The van der Waals surface area contributed by atoms with Gasteiger partial charge in [0.2, 0.25) is 0 Å². The van der Waals surface area contributed by atoms with E-state index >= 15 is 0 Å². The summed E-state index contributed by atoms with van der Waals surface area (Å²) in [5.41, 5.74) is 1.38. The lowest BCUT2D eigenvalue weighted by Crippen LogP contribution is -2.11. The third kappa shape index (κ3) is 1.93. The average molecular weight is 324 g/mol. The Balaban J connectivity index is 1.78. The molecular formula is C15H8N4OS2. The zero-order valence-corrected chi connectivity index (χ0v) is 12.8. The molecule has 0 fully saturated rings. The molecule has 0 aliphatic carbocycles. The zero-order valence-electron chi connectivity index (χ0n) is 11.1. The zero-order chi connectivity index (χ0) is 15.1. The van der Waals surface area contributed by atoms with Gasteiger partial charge in [0.15, 0.2) is 16.7 Å². The van der Waals surface area contributed by atoms with Crippen molar-refractivity contribution in [1.29, 1.82) is 5.26 Å². The largest absolute Gasteiger partial charge is 0.291 e. The van der Waals surface area contributed by atoms with Crippen molar-refractivity contribution in [3.05, 3.63) is 52.6 Å². The van der Waals surface area contributed by atoms with Crippen LogP contribution >= 0.6 is 22.7 Å². The summed E-state index contributed by atoms with van der Waals surface area (Å²) in [5, 5.41) is 11.3. The fourth-order valence-corrected chi connectivity index (χ4v) is 4.09. The van der Waals surface area contributed by atoms with Gasteiger partial charge in [0.1, 0.15) is 4.83 Å². The van der Waals surface area contributed by atoms with E-state index in [1.807, 2.05) is 22.0 Å². The molecule has 4 aromatic rings. The first kappa shape index (κ1) is 13.1. The van der Waals surface area contributed by atoms with E-state index in [2.05, 4.69) is 16.0 Å². The molecule has 106 valence electrons. The number of aromatic nitrogens is 3. The van der Waals surface area contributed by atoms with Crippen LogP contribution in [0.25, 0.3) is 15.3 Å². The summed E-state index contributed by atoms with van der Waals surface area (Å²) in [6.07, 6.45) is 3.51. The van der Waals surface area contributed by atoms with Crippen LogP contribution in [0.5, 0.6) is 0 Å². The van der Waals surface area contributed by atoms with E-state index in [1.165, 1.54) is 11.3 Å². The Bertz CT molecular complexity index is 1020. The van der Waals surface area contributed by atoms with Gasteiger partial charge in [-0.25, -0.2) is 4.98 Å². The van der Waals surface area contributed by atoms with E-state index in [0.717, 1.165) is 15.3 Å². The van der Waals surface area contributed by atoms with Gasteiger partial charge in [-0.1, -0.05) is 6.07 Å². The van der Waals surface area contributed by atoms with Crippen molar-refractivity contribution in [2.75, 3.05) is 0 Å². The van der Waals surface area contributed by atoms with Crippen molar-refractivity contribution in [3.63, 3.8) is 0 Å². The second-order valence-corrected chi connectivity index (χ2v) is 6.55. The number of carbonyl (C=O) groups excluding carboxylic acids is 1. The van der Waals surface area contributed by atoms with Gasteiger partial charge in [-0.2, -0.15) is 5.26 Å². The van der Waals surface area contributed by atoms with Gasteiger partial charge in [-0.05, 0) is 18.2 Å². The molecule has 0 amide bonds. The number of nitrogens with zero attached hydrogens (tertiary/aromatic N) is 4.